The van der Waals surface area contributed by atoms with E-state index in [1.165, 1.54) is 0 Å². The number of hydrogen-bond acceptors (Lipinski definition) is 3. The quantitative estimate of drug-likeness (QED) is 0.544. The summed E-state index contributed by atoms with van der Waals surface area (Å²) in [6.45, 7) is 6.52. The lowest BCUT2D eigenvalue weighted by Gasteiger charge is -2.11. The Labute approximate surface area is 79.7 Å². The van der Waals surface area contributed by atoms with Gasteiger partial charge in [0.05, 0.1) is 6.61 Å². The van der Waals surface area contributed by atoms with Crippen molar-refractivity contribution in [1.29, 1.82) is 0 Å². The van der Waals surface area contributed by atoms with Gasteiger partial charge in [-0.2, -0.15) is 0 Å². The fourth-order valence-electron chi connectivity index (χ4n) is 0.867. The van der Waals surface area contributed by atoms with Crippen molar-refractivity contribution in [2.45, 2.75) is 39.3 Å². The lowest BCUT2D eigenvalue weighted by molar-refractivity contribution is -0.121. The average molecular weight is 188 g/mol. The van der Waals surface area contributed by atoms with Crippen molar-refractivity contribution >= 4 is 5.91 Å². The number of aliphatic hydroxyl groups excluding tert-OH is 1. The molecule has 0 aliphatic carbocycles. The molecule has 78 valence electrons. The highest BCUT2D eigenvalue weighted by Crippen LogP contribution is 1.84. The number of aliphatic hydroxyl groups is 1. The minimum absolute atomic E-state index is 0.0106. The maximum atomic E-state index is 11.1. The standard InChI is InChI=1S/C9H20N2O2/c1-7(2)10-5-4-9(13)11-8(3)6-12/h7-8,10,12H,4-6H2,1-3H3,(H,11,13)/t8-/m1/s1. The molecule has 0 radical (unpaired) electrons. The Morgan fingerprint density at radius 3 is 2.46 bits per heavy atom. The molecule has 0 heterocycles. The second-order valence-electron chi connectivity index (χ2n) is 3.51. The van der Waals surface area contributed by atoms with Crippen molar-refractivity contribution in [3.8, 4) is 0 Å². The molecular weight excluding hydrogens is 168 g/mol. The van der Waals surface area contributed by atoms with E-state index in [0.717, 1.165) is 0 Å². The molecule has 0 aromatic heterocycles. The van der Waals surface area contributed by atoms with E-state index in [4.69, 9.17) is 5.11 Å². The van der Waals surface area contributed by atoms with Gasteiger partial charge in [-0.1, -0.05) is 13.8 Å². The van der Waals surface area contributed by atoms with Crippen molar-refractivity contribution < 1.29 is 9.90 Å². The van der Waals surface area contributed by atoms with Crippen LogP contribution in [-0.4, -0.2) is 36.2 Å². The van der Waals surface area contributed by atoms with Crippen molar-refractivity contribution in [3.63, 3.8) is 0 Å². The maximum absolute atomic E-state index is 11.1. The van der Waals surface area contributed by atoms with Gasteiger partial charge in [0, 0.05) is 25.0 Å². The minimum Gasteiger partial charge on any atom is -0.394 e. The molecular formula is C9H20N2O2. The van der Waals surface area contributed by atoms with Crippen molar-refractivity contribution in [1.82, 2.24) is 10.6 Å². The summed E-state index contributed by atoms with van der Waals surface area (Å²) >= 11 is 0. The van der Waals surface area contributed by atoms with E-state index in [2.05, 4.69) is 10.6 Å². The van der Waals surface area contributed by atoms with Crippen LogP contribution in [0.15, 0.2) is 0 Å². The Kier molecular flexibility index (Phi) is 6.54. The lowest BCUT2D eigenvalue weighted by Crippen LogP contribution is -2.37. The molecule has 4 heteroatoms. The third-order valence-electron chi connectivity index (χ3n) is 1.59. The molecule has 0 fully saturated rings. The van der Waals surface area contributed by atoms with Crippen LogP contribution in [-0.2, 0) is 4.79 Å². The molecule has 0 aromatic rings. The zero-order valence-electron chi connectivity index (χ0n) is 8.63. The first-order valence-corrected chi connectivity index (χ1v) is 4.70. The third kappa shape index (κ3) is 7.74. The summed E-state index contributed by atoms with van der Waals surface area (Å²) in [5.74, 6) is -0.0188. The monoisotopic (exact) mass is 188 g/mol. The zero-order chi connectivity index (χ0) is 10.3. The predicted molar refractivity (Wildman–Crippen MR) is 52.4 cm³/mol. The Hall–Kier alpha value is -0.610. The van der Waals surface area contributed by atoms with E-state index < -0.39 is 0 Å². The molecule has 4 nitrogen and oxygen atoms in total. The topological polar surface area (TPSA) is 61.4 Å². The fourth-order valence-corrected chi connectivity index (χ4v) is 0.867. The summed E-state index contributed by atoms with van der Waals surface area (Å²) in [7, 11) is 0. The highest BCUT2D eigenvalue weighted by Gasteiger charge is 2.05. The Morgan fingerprint density at radius 2 is 2.00 bits per heavy atom. The molecule has 13 heavy (non-hydrogen) atoms. The molecule has 0 saturated carbocycles. The Balaban J connectivity index is 3.41. The summed E-state index contributed by atoms with van der Waals surface area (Å²) < 4.78 is 0. The van der Waals surface area contributed by atoms with Gasteiger partial charge in [-0.3, -0.25) is 4.79 Å². The Bertz CT molecular complexity index is 149. The molecule has 3 N–H and O–H groups in total. The van der Waals surface area contributed by atoms with Gasteiger partial charge in [-0.15, -0.1) is 0 Å². The second-order valence-corrected chi connectivity index (χ2v) is 3.51. The van der Waals surface area contributed by atoms with Gasteiger partial charge in [0.2, 0.25) is 5.91 Å². The third-order valence-corrected chi connectivity index (χ3v) is 1.59. The average Bonchev–Trinajstić information content (AvgIpc) is 2.03. The van der Waals surface area contributed by atoms with Gasteiger partial charge in [-0.25, -0.2) is 0 Å². The van der Waals surface area contributed by atoms with Crippen molar-refractivity contribution in [2.75, 3.05) is 13.2 Å². The van der Waals surface area contributed by atoms with Crippen LogP contribution in [0.2, 0.25) is 0 Å². The summed E-state index contributed by atoms with van der Waals surface area (Å²) in [5, 5.41) is 14.5. The zero-order valence-corrected chi connectivity index (χ0v) is 8.63. The smallest absolute Gasteiger partial charge is 0.221 e. The number of carbonyl (C=O) groups excluding carboxylic acids is 1. The van der Waals surface area contributed by atoms with Crippen LogP contribution in [0.3, 0.4) is 0 Å². The summed E-state index contributed by atoms with van der Waals surface area (Å²) in [4.78, 5) is 11.1. The van der Waals surface area contributed by atoms with E-state index in [9.17, 15) is 4.79 Å². The number of rotatable bonds is 6. The highest BCUT2D eigenvalue weighted by molar-refractivity contribution is 5.76. The molecule has 0 saturated heterocycles. The highest BCUT2D eigenvalue weighted by atomic mass is 16.3. The van der Waals surface area contributed by atoms with Crippen molar-refractivity contribution in [3.05, 3.63) is 0 Å². The van der Waals surface area contributed by atoms with Gasteiger partial charge in [0.1, 0.15) is 0 Å². The SMILES string of the molecule is CC(C)NCCC(=O)N[C@H](C)CO. The Morgan fingerprint density at radius 1 is 1.38 bits per heavy atom. The molecule has 0 spiro atoms. The first-order valence-electron chi connectivity index (χ1n) is 4.70. The van der Waals surface area contributed by atoms with Crippen LogP contribution in [0.1, 0.15) is 27.2 Å². The number of nitrogens with one attached hydrogen (secondary N) is 2. The van der Waals surface area contributed by atoms with Crippen LogP contribution < -0.4 is 10.6 Å². The molecule has 1 amide bonds. The minimum atomic E-state index is -0.147. The van der Waals surface area contributed by atoms with Gasteiger partial charge in [-0.05, 0) is 6.92 Å². The predicted octanol–water partition coefficient (Wildman–Crippen LogP) is -0.128. The van der Waals surface area contributed by atoms with Gasteiger partial charge in [0.15, 0.2) is 0 Å². The van der Waals surface area contributed by atoms with Gasteiger partial charge in [0.25, 0.3) is 0 Å². The van der Waals surface area contributed by atoms with Crippen LogP contribution in [0.25, 0.3) is 0 Å². The fraction of sp³-hybridized carbons (Fsp3) is 0.889. The molecule has 0 aliphatic heterocycles. The van der Waals surface area contributed by atoms with Crippen LogP contribution in [0, 0.1) is 0 Å². The summed E-state index contributed by atoms with van der Waals surface area (Å²) in [6.07, 6.45) is 0.461. The van der Waals surface area contributed by atoms with E-state index in [-0.39, 0.29) is 18.6 Å². The molecule has 0 rings (SSSR count). The van der Waals surface area contributed by atoms with Crippen LogP contribution in [0.4, 0.5) is 0 Å². The summed E-state index contributed by atoms with van der Waals surface area (Å²) in [6, 6.07) is 0.259. The normalized spacial score (nSPS) is 13.0. The molecule has 1 atom stereocenters. The number of carbonyl (C=O) groups is 1. The first kappa shape index (κ1) is 12.4. The molecule has 0 unspecified atom stereocenters. The molecule has 0 aromatic carbocycles. The van der Waals surface area contributed by atoms with Gasteiger partial charge < -0.3 is 15.7 Å². The van der Waals surface area contributed by atoms with E-state index >= 15 is 0 Å². The van der Waals surface area contributed by atoms with Crippen LogP contribution in [0.5, 0.6) is 0 Å². The first-order chi connectivity index (χ1) is 6.06. The van der Waals surface area contributed by atoms with E-state index in [0.29, 0.717) is 19.0 Å². The van der Waals surface area contributed by atoms with E-state index in [1.807, 2.05) is 13.8 Å². The number of hydrogen-bond donors (Lipinski definition) is 3. The van der Waals surface area contributed by atoms with E-state index in [1.54, 1.807) is 6.92 Å². The summed E-state index contributed by atoms with van der Waals surface area (Å²) in [5.41, 5.74) is 0. The van der Waals surface area contributed by atoms with Crippen LogP contribution >= 0.6 is 0 Å². The van der Waals surface area contributed by atoms with Crippen molar-refractivity contribution in [2.24, 2.45) is 0 Å². The lowest BCUT2D eigenvalue weighted by atomic mass is 10.3. The number of amides is 1. The molecule has 0 aliphatic rings. The second kappa shape index (κ2) is 6.86. The van der Waals surface area contributed by atoms with Gasteiger partial charge >= 0.3 is 0 Å². The maximum Gasteiger partial charge on any atom is 0.221 e. The molecule has 0 bridgehead atoms. The largest absolute Gasteiger partial charge is 0.394 e.